The molecule has 132 valence electrons. The van der Waals surface area contributed by atoms with Crippen molar-refractivity contribution in [3.05, 3.63) is 22.4 Å². The van der Waals surface area contributed by atoms with E-state index in [0.717, 1.165) is 45.6 Å². The van der Waals surface area contributed by atoms with Gasteiger partial charge in [-0.25, -0.2) is 0 Å². The zero-order chi connectivity index (χ0) is 14.7. The SMILES string of the molecule is Cl.Cl.NC1(C(=O)NCC(c2cccs2)N2CCOCC2)CCC1. The van der Waals surface area contributed by atoms with Crippen LogP contribution in [0.4, 0.5) is 0 Å². The van der Waals surface area contributed by atoms with E-state index in [4.69, 9.17) is 10.5 Å². The molecule has 8 heteroatoms. The highest BCUT2D eigenvalue weighted by Gasteiger charge is 2.40. The first-order valence-electron chi connectivity index (χ1n) is 7.61. The summed E-state index contributed by atoms with van der Waals surface area (Å²) in [5.41, 5.74) is 5.47. The summed E-state index contributed by atoms with van der Waals surface area (Å²) in [6.07, 6.45) is 2.67. The molecule has 1 amide bonds. The van der Waals surface area contributed by atoms with Gasteiger partial charge in [-0.05, 0) is 30.7 Å². The molecule has 0 spiro atoms. The van der Waals surface area contributed by atoms with E-state index >= 15 is 0 Å². The Bertz CT molecular complexity index is 477. The summed E-state index contributed by atoms with van der Waals surface area (Å²) in [6, 6.07) is 4.42. The quantitative estimate of drug-likeness (QED) is 0.817. The van der Waals surface area contributed by atoms with Crippen LogP contribution in [-0.4, -0.2) is 49.2 Å². The van der Waals surface area contributed by atoms with Gasteiger partial charge in [0.2, 0.25) is 5.91 Å². The summed E-state index contributed by atoms with van der Waals surface area (Å²) in [5.74, 6) is 0.00330. The lowest BCUT2D eigenvalue weighted by Gasteiger charge is -2.38. The first kappa shape index (κ1) is 20.7. The fraction of sp³-hybridized carbons (Fsp3) is 0.667. The second kappa shape index (κ2) is 9.20. The molecule has 0 bridgehead atoms. The van der Waals surface area contributed by atoms with Crippen LogP contribution in [0.5, 0.6) is 0 Å². The smallest absolute Gasteiger partial charge is 0.240 e. The van der Waals surface area contributed by atoms with Gasteiger partial charge in [0, 0.05) is 24.5 Å². The van der Waals surface area contributed by atoms with Gasteiger partial charge in [-0.1, -0.05) is 6.07 Å². The van der Waals surface area contributed by atoms with Crippen molar-refractivity contribution in [3.63, 3.8) is 0 Å². The van der Waals surface area contributed by atoms with E-state index < -0.39 is 5.54 Å². The predicted molar refractivity (Wildman–Crippen MR) is 97.7 cm³/mol. The molecule has 1 aliphatic carbocycles. The van der Waals surface area contributed by atoms with Crippen LogP contribution in [0.15, 0.2) is 17.5 Å². The van der Waals surface area contributed by atoms with Crippen LogP contribution in [0.3, 0.4) is 0 Å². The second-order valence-electron chi connectivity index (χ2n) is 5.90. The van der Waals surface area contributed by atoms with Crippen LogP contribution in [0.2, 0.25) is 0 Å². The minimum absolute atomic E-state index is 0. The highest BCUT2D eigenvalue weighted by molar-refractivity contribution is 7.10. The van der Waals surface area contributed by atoms with Crippen LogP contribution in [0.25, 0.3) is 0 Å². The van der Waals surface area contributed by atoms with Gasteiger partial charge in [0.25, 0.3) is 0 Å². The Balaban J connectivity index is 0.00000132. The van der Waals surface area contributed by atoms with Crippen LogP contribution >= 0.6 is 36.2 Å². The molecule has 5 nitrogen and oxygen atoms in total. The standard InChI is InChI=1S/C15H23N3O2S.2ClH/c16-15(4-2-5-15)14(19)17-11-12(13-3-1-10-21-13)18-6-8-20-9-7-18;;/h1,3,10,12H,2,4-9,11,16H2,(H,17,19);2*1H. The molecule has 23 heavy (non-hydrogen) atoms. The molecule has 1 saturated heterocycles. The number of nitrogens with zero attached hydrogens (tertiary/aromatic N) is 1. The molecule has 1 aromatic rings. The van der Waals surface area contributed by atoms with E-state index in [1.54, 1.807) is 11.3 Å². The van der Waals surface area contributed by atoms with Crippen LogP contribution < -0.4 is 11.1 Å². The number of amides is 1. The summed E-state index contributed by atoms with van der Waals surface area (Å²) in [5, 5.41) is 5.16. The minimum Gasteiger partial charge on any atom is -0.379 e. The Kier molecular flexibility index (Phi) is 8.27. The van der Waals surface area contributed by atoms with Crippen molar-refractivity contribution in [1.82, 2.24) is 10.2 Å². The van der Waals surface area contributed by atoms with Crippen molar-refractivity contribution < 1.29 is 9.53 Å². The van der Waals surface area contributed by atoms with Crippen LogP contribution in [-0.2, 0) is 9.53 Å². The zero-order valence-corrected chi connectivity index (χ0v) is 15.5. The van der Waals surface area contributed by atoms with E-state index in [1.807, 2.05) is 0 Å². The Morgan fingerprint density at radius 3 is 2.61 bits per heavy atom. The molecule has 1 saturated carbocycles. The number of morpholine rings is 1. The average Bonchev–Trinajstić information content (AvgIpc) is 3.00. The molecule has 0 aromatic carbocycles. The lowest BCUT2D eigenvalue weighted by Crippen LogP contribution is -2.59. The van der Waals surface area contributed by atoms with Crippen molar-refractivity contribution >= 4 is 42.1 Å². The van der Waals surface area contributed by atoms with Crippen LogP contribution in [0.1, 0.15) is 30.2 Å². The van der Waals surface area contributed by atoms with Gasteiger partial charge in [0.1, 0.15) is 0 Å². The summed E-state index contributed by atoms with van der Waals surface area (Å²) in [4.78, 5) is 15.9. The molecule has 1 atom stereocenters. The topological polar surface area (TPSA) is 67.6 Å². The van der Waals surface area contributed by atoms with Gasteiger partial charge in [-0.3, -0.25) is 9.69 Å². The zero-order valence-electron chi connectivity index (χ0n) is 13.0. The Morgan fingerprint density at radius 1 is 1.39 bits per heavy atom. The lowest BCUT2D eigenvalue weighted by molar-refractivity contribution is -0.129. The van der Waals surface area contributed by atoms with E-state index in [1.165, 1.54) is 4.88 Å². The Hall–Kier alpha value is -0.370. The number of thiophene rings is 1. The number of hydrogen-bond acceptors (Lipinski definition) is 5. The van der Waals surface area contributed by atoms with Gasteiger partial charge in [0.15, 0.2) is 0 Å². The fourth-order valence-electron chi connectivity index (χ4n) is 2.93. The Morgan fingerprint density at radius 2 is 2.09 bits per heavy atom. The number of nitrogens with two attached hydrogens (primary N) is 1. The third kappa shape index (κ3) is 4.81. The van der Waals surface area contributed by atoms with Crippen molar-refractivity contribution in [2.24, 2.45) is 5.73 Å². The summed E-state index contributed by atoms with van der Waals surface area (Å²) < 4.78 is 5.43. The van der Waals surface area contributed by atoms with E-state index in [9.17, 15) is 4.79 Å². The lowest BCUT2D eigenvalue weighted by atomic mass is 9.77. The predicted octanol–water partition coefficient (Wildman–Crippen LogP) is 1.96. The van der Waals surface area contributed by atoms with Gasteiger partial charge in [-0.15, -0.1) is 36.2 Å². The fourth-order valence-corrected chi connectivity index (χ4v) is 3.79. The van der Waals surface area contributed by atoms with Gasteiger partial charge < -0.3 is 15.8 Å². The first-order chi connectivity index (χ1) is 10.2. The van der Waals surface area contributed by atoms with Gasteiger partial charge >= 0.3 is 0 Å². The van der Waals surface area contributed by atoms with Crippen LogP contribution in [0, 0.1) is 0 Å². The summed E-state index contributed by atoms with van der Waals surface area (Å²) >= 11 is 1.74. The maximum absolute atomic E-state index is 12.2. The second-order valence-corrected chi connectivity index (χ2v) is 6.88. The monoisotopic (exact) mass is 381 g/mol. The molecular formula is C15H25Cl2N3O2S. The third-order valence-electron chi connectivity index (χ3n) is 4.51. The number of halogens is 2. The minimum atomic E-state index is -0.620. The van der Waals surface area contributed by atoms with Crippen molar-refractivity contribution in [2.75, 3.05) is 32.8 Å². The molecule has 1 aliphatic heterocycles. The molecule has 2 aliphatic rings. The van der Waals surface area contributed by atoms with E-state index in [2.05, 4.69) is 27.7 Å². The highest BCUT2D eigenvalue weighted by Crippen LogP contribution is 2.30. The molecule has 0 radical (unpaired) electrons. The van der Waals surface area contributed by atoms with Gasteiger partial charge in [0.05, 0.1) is 24.8 Å². The highest BCUT2D eigenvalue weighted by atomic mass is 35.5. The normalized spacial score (nSPS) is 21.3. The summed E-state index contributed by atoms with van der Waals surface area (Å²) in [7, 11) is 0. The third-order valence-corrected chi connectivity index (χ3v) is 5.49. The molecule has 3 N–H and O–H groups in total. The number of rotatable bonds is 5. The maximum atomic E-state index is 12.2. The van der Waals surface area contributed by atoms with Crippen molar-refractivity contribution in [2.45, 2.75) is 30.8 Å². The largest absolute Gasteiger partial charge is 0.379 e. The first-order valence-corrected chi connectivity index (χ1v) is 8.49. The molecule has 1 aromatic heterocycles. The maximum Gasteiger partial charge on any atom is 0.240 e. The number of ether oxygens (including phenoxy) is 1. The van der Waals surface area contributed by atoms with E-state index in [-0.39, 0.29) is 36.8 Å². The van der Waals surface area contributed by atoms with Gasteiger partial charge in [-0.2, -0.15) is 0 Å². The molecule has 1 unspecified atom stereocenters. The molecule has 2 fully saturated rings. The number of carbonyl (C=O) groups excluding carboxylic acids is 1. The molecule has 2 heterocycles. The summed E-state index contributed by atoms with van der Waals surface area (Å²) in [6.45, 7) is 3.96. The van der Waals surface area contributed by atoms with Crippen molar-refractivity contribution in [1.29, 1.82) is 0 Å². The Labute approximate surface area is 153 Å². The van der Waals surface area contributed by atoms with Crippen molar-refractivity contribution in [3.8, 4) is 0 Å². The molecule has 3 rings (SSSR count). The number of carbonyl (C=O) groups is 1. The average molecular weight is 382 g/mol. The number of hydrogen-bond donors (Lipinski definition) is 2. The van der Waals surface area contributed by atoms with E-state index in [0.29, 0.717) is 6.54 Å². The molecular weight excluding hydrogens is 357 g/mol. The number of nitrogens with one attached hydrogen (secondary N) is 1.